The summed E-state index contributed by atoms with van der Waals surface area (Å²) in [6.45, 7) is 4.08. The third kappa shape index (κ3) is 5.09. The molecular formula is C26H25NO5. The van der Waals surface area contributed by atoms with Crippen molar-refractivity contribution >= 4 is 17.6 Å². The Balaban J connectivity index is 1.45. The zero-order valence-corrected chi connectivity index (χ0v) is 18.1. The summed E-state index contributed by atoms with van der Waals surface area (Å²) in [6.07, 6.45) is -0.435. The molecule has 0 bridgehead atoms. The van der Waals surface area contributed by atoms with Gasteiger partial charge in [0.25, 0.3) is 5.91 Å². The Labute approximate surface area is 187 Å². The zero-order chi connectivity index (χ0) is 22.5. The van der Waals surface area contributed by atoms with Crippen LogP contribution in [0.15, 0.2) is 66.7 Å². The van der Waals surface area contributed by atoms with Gasteiger partial charge in [0, 0.05) is 17.7 Å². The lowest BCUT2D eigenvalue weighted by molar-refractivity contribution is -0.154. The number of hydrogen-bond acceptors (Lipinski definition) is 5. The molecule has 0 fully saturated rings. The third-order valence-corrected chi connectivity index (χ3v) is 5.30. The van der Waals surface area contributed by atoms with Crippen molar-refractivity contribution in [1.29, 1.82) is 0 Å². The van der Waals surface area contributed by atoms with Crippen LogP contribution in [0, 0.1) is 13.8 Å². The number of hydrogen-bond donors (Lipinski definition) is 1. The van der Waals surface area contributed by atoms with E-state index in [-0.39, 0.29) is 19.1 Å². The molecule has 32 heavy (non-hydrogen) atoms. The van der Waals surface area contributed by atoms with Crippen LogP contribution in [0.1, 0.15) is 34.8 Å². The molecule has 4 rings (SSSR count). The number of rotatable bonds is 7. The summed E-state index contributed by atoms with van der Waals surface area (Å²) < 4.78 is 16.3. The van der Waals surface area contributed by atoms with Crippen LogP contribution < -0.4 is 14.8 Å². The molecule has 0 spiro atoms. The van der Waals surface area contributed by atoms with E-state index in [9.17, 15) is 9.59 Å². The van der Waals surface area contributed by atoms with Crippen molar-refractivity contribution in [2.75, 3.05) is 12.1 Å². The Morgan fingerprint density at radius 3 is 2.56 bits per heavy atom. The van der Waals surface area contributed by atoms with E-state index in [1.54, 1.807) is 12.1 Å². The largest absolute Gasteiger partial charge is 0.454 e. The van der Waals surface area contributed by atoms with Crippen LogP contribution >= 0.6 is 0 Å². The molecule has 164 valence electrons. The van der Waals surface area contributed by atoms with Gasteiger partial charge in [0.05, 0.1) is 0 Å². The van der Waals surface area contributed by atoms with E-state index in [0.717, 1.165) is 16.7 Å². The summed E-state index contributed by atoms with van der Waals surface area (Å²) in [7, 11) is 0. The predicted molar refractivity (Wildman–Crippen MR) is 121 cm³/mol. The first-order valence-corrected chi connectivity index (χ1v) is 10.5. The Morgan fingerprint density at radius 2 is 1.75 bits per heavy atom. The number of fused-ring (bicyclic) bond motifs is 1. The lowest BCUT2D eigenvalue weighted by atomic mass is 10.1. The van der Waals surface area contributed by atoms with Gasteiger partial charge in [0.1, 0.15) is 0 Å². The summed E-state index contributed by atoms with van der Waals surface area (Å²) in [4.78, 5) is 25.7. The van der Waals surface area contributed by atoms with Crippen LogP contribution in [0.4, 0.5) is 5.69 Å². The van der Waals surface area contributed by atoms with Crippen LogP contribution in [-0.2, 0) is 20.7 Å². The van der Waals surface area contributed by atoms with Crippen molar-refractivity contribution in [2.24, 2.45) is 0 Å². The van der Waals surface area contributed by atoms with Crippen molar-refractivity contribution < 1.29 is 23.8 Å². The van der Waals surface area contributed by atoms with E-state index < -0.39 is 12.1 Å². The van der Waals surface area contributed by atoms with Gasteiger partial charge in [-0.05, 0) is 55.2 Å². The van der Waals surface area contributed by atoms with Crippen molar-refractivity contribution in [3.63, 3.8) is 0 Å². The fourth-order valence-electron chi connectivity index (χ4n) is 3.50. The quantitative estimate of drug-likeness (QED) is 0.539. The first-order valence-electron chi connectivity index (χ1n) is 10.5. The molecule has 1 amide bonds. The van der Waals surface area contributed by atoms with E-state index in [4.69, 9.17) is 14.2 Å². The van der Waals surface area contributed by atoms with Gasteiger partial charge in [-0.25, -0.2) is 0 Å². The van der Waals surface area contributed by atoms with Crippen LogP contribution in [-0.4, -0.2) is 18.7 Å². The first kappa shape index (κ1) is 21.4. The van der Waals surface area contributed by atoms with Crippen LogP contribution in [0.5, 0.6) is 11.5 Å². The highest BCUT2D eigenvalue weighted by atomic mass is 16.7. The molecular weight excluding hydrogens is 406 g/mol. The molecule has 0 aliphatic carbocycles. The molecule has 1 heterocycles. The van der Waals surface area contributed by atoms with Gasteiger partial charge in [-0.15, -0.1) is 0 Å². The highest BCUT2D eigenvalue weighted by Crippen LogP contribution is 2.33. The smallest absolute Gasteiger partial charge is 0.307 e. The number of esters is 1. The molecule has 0 aromatic heterocycles. The summed E-state index contributed by atoms with van der Waals surface area (Å²) in [5.74, 6) is 0.531. The maximum absolute atomic E-state index is 13.1. The minimum Gasteiger partial charge on any atom is -0.454 e. The molecule has 0 saturated carbocycles. The number of nitrogens with one attached hydrogen (secondary N) is 1. The predicted octanol–water partition coefficient (Wildman–Crippen LogP) is 4.89. The van der Waals surface area contributed by atoms with Gasteiger partial charge in [-0.1, -0.05) is 48.5 Å². The minimum atomic E-state index is -1.04. The standard InChI is InChI=1S/C26H25NO5/c1-17-8-9-18(2)21(14-17)27-26(29)25(20-6-4-3-5-7-20)32-24(28)13-11-19-10-12-22-23(15-19)31-16-30-22/h3-10,12,14-15,25H,11,13,16H2,1-2H3,(H,27,29). The van der Waals surface area contributed by atoms with Crippen LogP contribution in [0.2, 0.25) is 0 Å². The average Bonchev–Trinajstić information content (AvgIpc) is 3.27. The monoisotopic (exact) mass is 431 g/mol. The molecule has 3 aromatic rings. The first-order chi connectivity index (χ1) is 15.5. The Hall–Kier alpha value is -3.80. The summed E-state index contributed by atoms with van der Waals surface area (Å²) in [5.41, 5.74) is 4.22. The summed E-state index contributed by atoms with van der Waals surface area (Å²) >= 11 is 0. The number of carbonyl (C=O) groups is 2. The number of benzene rings is 3. The van der Waals surface area contributed by atoms with Crippen LogP contribution in [0.25, 0.3) is 0 Å². The van der Waals surface area contributed by atoms with E-state index in [1.807, 2.05) is 68.4 Å². The van der Waals surface area contributed by atoms with Gasteiger partial charge in [0.2, 0.25) is 12.9 Å². The molecule has 1 aliphatic rings. The molecule has 1 atom stereocenters. The molecule has 1 N–H and O–H groups in total. The van der Waals surface area contributed by atoms with Crippen molar-refractivity contribution in [3.05, 3.63) is 89.0 Å². The number of carbonyl (C=O) groups excluding carboxylic acids is 2. The van der Waals surface area contributed by atoms with Crippen LogP contribution in [0.3, 0.4) is 0 Å². The maximum atomic E-state index is 13.1. The SMILES string of the molecule is Cc1ccc(C)c(NC(=O)C(OC(=O)CCc2ccc3c(c2)OCO3)c2ccccc2)c1. The Bertz CT molecular complexity index is 1130. The van der Waals surface area contributed by atoms with E-state index >= 15 is 0 Å². The Morgan fingerprint density at radius 1 is 0.969 bits per heavy atom. The van der Waals surface area contributed by atoms with E-state index in [0.29, 0.717) is 29.2 Å². The van der Waals surface area contributed by atoms with Crippen molar-refractivity contribution in [2.45, 2.75) is 32.8 Å². The van der Waals surface area contributed by atoms with Crippen molar-refractivity contribution in [1.82, 2.24) is 0 Å². The molecule has 0 saturated heterocycles. The molecule has 6 heteroatoms. The lowest BCUT2D eigenvalue weighted by Crippen LogP contribution is -2.26. The second kappa shape index (κ2) is 9.56. The lowest BCUT2D eigenvalue weighted by Gasteiger charge is -2.19. The summed E-state index contributed by atoms with van der Waals surface area (Å²) in [5, 5.41) is 2.91. The number of aryl methyl sites for hydroxylation is 3. The fraction of sp³-hybridized carbons (Fsp3) is 0.231. The number of amides is 1. The number of anilines is 1. The third-order valence-electron chi connectivity index (χ3n) is 5.30. The van der Waals surface area contributed by atoms with Gasteiger partial charge >= 0.3 is 5.97 Å². The normalized spacial score (nSPS) is 12.8. The fourth-order valence-corrected chi connectivity index (χ4v) is 3.50. The topological polar surface area (TPSA) is 73.9 Å². The van der Waals surface area contributed by atoms with Gasteiger partial charge in [-0.3, -0.25) is 9.59 Å². The van der Waals surface area contributed by atoms with E-state index in [2.05, 4.69) is 5.32 Å². The summed E-state index contributed by atoms with van der Waals surface area (Å²) in [6, 6.07) is 20.4. The highest BCUT2D eigenvalue weighted by Gasteiger charge is 2.25. The minimum absolute atomic E-state index is 0.139. The zero-order valence-electron chi connectivity index (χ0n) is 18.1. The molecule has 1 unspecified atom stereocenters. The molecule has 1 aliphatic heterocycles. The van der Waals surface area contributed by atoms with Gasteiger partial charge < -0.3 is 19.5 Å². The van der Waals surface area contributed by atoms with E-state index in [1.165, 1.54) is 0 Å². The number of ether oxygens (including phenoxy) is 3. The van der Waals surface area contributed by atoms with Gasteiger partial charge in [-0.2, -0.15) is 0 Å². The highest BCUT2D eigenvalue weighted by molar-refractivity contribution is 5.96. The van der Waals surface area contributed by atoms with Crippen molar-refractivity contribution in [3.8, 4) is 11.5 Å². The molecule has 3 aromatic carbocycles. The Kier molecular flexibility index (Phi) is 6.40. The second-order valence-corrected chi connectivity index (χ2v) is 7.78. The average molecular weight is 431 g/mol. The second-order valence-electron chi connectivity index (χ2n) is 7.78. The molecule has 6 nitrogen and oxygen atoms in total. The maximum Gasteiger partial charge on any atom is 0.307 e. The molecule has 0 radical (unpaired) electrons. The van der Waals surface area contributed by atoms with Gasteiger partial charge in [0.15, 0.2) is 11.5 Å².